The molecule has 0 saturated carbocycles. The zero-order valence-corrected chi connectivity index (χ0v) is 17.5. The first-order chi connectivity index (χ1) is 11.6. The second-order valence-corrected chi connectivity index (χ2v) is 6.49. The number of guanidine groups is 1. The molecule has 25 heavy (non-hydrogen) atoms. The van der Waals surface area contributed by atoms with Crippen LogP contribution in [0.25, 0.3) is 0 Å². The van der Waals surface area contributed by atoms with Crippen molar-refractivity contribution in [3.05, 3.63) is 63.9 Å². The van der Waals surface area contributed by atoms with Crippen LogP contribution < -0.4 is 15.8 Å². The molecule has 1 atom stereocenters. The number of fused-ring (bicyclic) bond motifs is 1. The number of nitrogens with two attached hydrogens (primary N) is 1. The van der Waals surface area contributed by atoms with E-state index in [-0.39, 0.29) is 35.8 Å². The third kappa shape index (κ3) is 5.31. The minimum atomic E-state index is -0.262. The molecule has 3 rings (SSSR count). The molecular formula is C18H20BrFIN3O. The lowest BCUT2D eigenvalue weighted by molar-refractivity contribution is 0.262. The minimum Gasteiger partial charge on any atom is -0.493 e. The second kappa shape index (κ2) is 9.38. The van der Waals surface area contributed by atoms with Gasteiger partial charge >= 0.3 is 0 Å². The number of para-hydroxylation sites is 1. The molecule has 2 aromatic carbocycles. The highest BCUT2D eigenvalue weighted by Crippen LogP contribution is 2.31. The fourth-order valence-corrected chi connectivity index (χ4v) is 3.14. The molecule has 1 unspecified atom stereocenters. The number of aliphatic imine (C=N–C) groups is 1. The maximum Gasteiger partial charge on any atom is 0.189 e. The van der Waals surface area contributed by atoms with E-state index in [0.29, 0.717) is 30.0 Å². The van der Waals surface area contributed by atoms with E-state index >= 15 is 0 Å². The second-order valence-electron chi connectivity index (χ2n) is 5.64. The molecule has 0 radical (unpaired) electrons. The molecule has 0 amide bonds. The average Bonchev–Trinajstić information content (AvgIpc) is 2.58. The van der Waals surface area contributed by atoms with E-state index in [2.05, 4.69) is 26.2 Å². The van der Waals surface area contributed by atoms with Gasteiger partial charge in [-0.2, -0.15) is 0 Å². The number of halogens is 3. The van der Waals surface area contributed by atoms with Gasteiger partial charge in [-0.05, 0) is 46.1 Å². The fraction of sp³-hybridized carbons (Fsp3) is 0.278. The van der Waals surface area contributed by atoms with Crippen molar-refractivity contribution in [3.63, 3.8) is 0 Å². The van der Waals surface area contributed by atoms with Crippen LogP contribution in [-0.4, -0.2) is 19.1 Å². The smallest absolute Gasteiger partial charge is 0.189 e. The summed E-state index contributed by atoms with van der Waals surface area (Å²) in [6, 6.07) is 13.0. The standard InChI is InChI=1S/C18H19BrFN3O.HI/c19-14-11-12(5-6-15(14)20)7-9-22-18(21)23-16-8-10-24-17-4-2-1-3-13(16)17;/h1-6,11,16H,7-10H2,(H3,21,22,23);1H. The van der Waals surface area contributed by atoms with Gasteiger partial charge in [0.05, 0.1) is 17.1 Å². The van der Waals surface area contributed by atoms with Crippen molar-refractivity contribution in [2.75, 3.05) is 13.2 Å². The van der Waals surface area contributed by atoms with Crippen molar-refractivity contribution < 1.29 is 9.13 Å². The van der Waals surface area contributed by atoms with Crippen LogP contribution in [0, 0.1) is 5.82 Å². The van der Waals surface area contributed by atoms with Crippen LogP contribution in [0.2, 0.25) is 0 Å². The van der Waals surface area contributed by atoms with Gasteiger partial charge in [0.2, 0.25) is 0 Å². The number of nitrogens with one attached hydrogen (secondary N) is 1. The van der Waals surface area contributed by atoms with Crippen molar-refractivity contribution in [1.82, 2.24) is 5.32 Å². The van der Waals surface area contributed by atoms with Crippen LogP contribution >= 0.6 is 39.9 Å². The largest absolute Gasteiger partial charge is 0.493 e. The predicted molar refractivity (Wildman–Crippen MR) is 112 cm³/mol. The van der Waals surface area contributed by atoms with Gasteiger partial charge in [-0.25, -0.2) is 4.39 Å². The third-order valence-electron chi connectivity index (χ3n) is 3.95. The molecule has 1 aliphatic heterocycles. The Balaban J connectivity index is 0.00000225. The fourth-order valence-electron chi connectivity index (χ4n) is 2.72. The van der Waals surface area contributed by atoms with E-state index in [0.717, 1.165) is 23.3 Å². The molecule has 134 valence electrons. The number of hydrogen-bond donors (Lipinski definition) is 2. The molecule has 1 aliphatic rings. The van der Waals surface area contributed by atoms with Gasteiger partial charge < -0.3 is 15.8 Å². The maximum absolute atomic E-state index is 13.2. The van der Waals surface area contributed by atoms with Crippen LogP contribution in [0.15, 0.2) is 51.9 Å². The predicted octanol–water partition coefficient (Wildman–Crippen LogP) is 4.18. The zero-order valence-electron chi connectivity index (χ0n) is 13.5. The number of benzene rings is 2. The Labute approximate surface area is 172 Å². The summed E-state index contributed by atoms with van der Waals surface area (Å²) in [5.41, 5.74) is 8.12. The molecule has 0 aliphatic carbocycles. The Morgan fingerprint density at radius 2 is 2.12 bits per heavy atom. The van der Waals surface area contributed by atoms with Gasteiger partial charge in [0.1, 0.15) is 11.6 Å². The van der Waals surface area contributed by atoms with Crippen LogP contribution in [0.3, 0.4) is 0 Å². The third-order valence-corrected chi connectivity index (χ3v) is 4.55. The van der Waals surface area contributed by atoms with Crippen LogP contribution in [0.4, 0.5) is 4.39 Å². The first-order valence-electron chi connectivity index (χ1n) is 7.85. The summed E-state index contributed by atoms with van der Waals surface area (Å²) in [6.07, 6.45) is 1.55. The zero-order chi connectivity index (χ0) is 16.9. The minimum absolute atomic E-state index is 0. The van der Waals surface area contributed by atoms with E-state index in [4.69, 9.17) is 10.5 Å². The lowest BCUT2D eigenvalue weighted by Gasteiger charge is -2.26. The van der Waals surface area contributed by atoms with Crippen molar-refractivity contribution >= 4 is 45.9 Å². The summed E-state index contributed by atoms with van der Waals surface area (Å²) in [6.45, 7) is 1.20. The van der Waals surface area contributed by atoms with Crippen molar-refractivity contribution in [2.45, 2.75) is 18.9 Å². The molecule has 4 nitrogen and oxygen atoms in total. The van der Waals surface area contributed by atoms with Crippen molar-refractivity contribution in [2.24, 2.45) is 10.7 Å². The highest BCUT2D eigenvalue weighted by Gasteiger charge is 2.21. The first-order valence-corrected chi connectivity index (χ1v) is 8.65. The number of hydrogen-bond acceptors (Lipinski definition) is 2. The Morgan fingerprint density at radius 3 is 2.92 bits per heavy atom. The molecular weight excluding hydrogens is 500 g/mol. The normalized spacial score (nSPS) is 16.4. The lowest BCUT2D eigenvalue weighted by atomic mass is 10.0. The number of rotatable bonds is 4. The van der Waals surface area contributed by atoms with E-state index in [1.54, 1.807) is 12.1 Å². The molecule has 7 heteroatoms. The molecule has 1 heterocycles. The van der Waals surface area contributed by atoms with Gasteiger partial charge in [-0.3, -0.25) is 4.99 Å². The van der Waals surface area contributed by atoms with Crippen LogP contribution in [0.1, 0.15) is 23.6 Å². The summed E-state index contributed by atoms with van der Waals surface area (Å²) in [7, 11) is 0. The first kappa shape index (κ1) is 20.0. The Bertz CT molecular complexity index is 757. The Morgan fingerprint density at radius 1 is 1.32 bits per heavy atom. The molecule has 3 N–H and O–H groups in total. The SMILES string of the molecule is I.NC(=NCCc1ccc(F)c(Br)c1)NC1CCOc2ccccc21. The molecule has 0 aromatic heterocycles. The van der Waals surface area contributed by atoms with Gasteiger partial charge in [-0.1, -0.05) is 24.3 Å². The average molecular weight is 520 g/mol. The monoisotopic (exact) mass is 519 g/mol. The van der Waals surface area contributed by atoms with Crippen molar-refractivity contribution in [1.29, 1.82) is 0 Å². The highest BCUT2D eigenvalue weighted by molar-refractivity contribution is 14.0. The summed E-state index contributed by atoms with van der Waals surface area (Å²) in [5.74, 6) is 1.05. The van der Waals surface area contributed by atoms with E-state index in [1.807, 2.05) is 24.3 Å². The van der Waals surface area contributed by atoms with Crippen molar-refractivity contribution in [3.8, 4) is 5.75 Å². The molecule has 2 aromatic rings. The summed E-state index contributed by atoms with van der Waals surface area (Å²) >= 11 is 3.19. The molecule has 0 bridgehead atoms. The van der Waals surface area contributed by atoms with E-state index in [1.165, 1.54) is 6.07 Å². The number of ether oxygens (including phenoxy) is 1. The van der Waals surface area contributed by atoms with Crippen LogP contribution in [0.5, 0.6) is 5.75 Å². The highest BCUT2D eigenvalue weighted by atomic mass is 127. The van der Waals surface area contributed by atoms with E-state index < -0.39 is 0 Å². The quantitative estimate of drug-likeness (QED) is 0.362. The van der Waals surface area contributed by atoms with Crippen LogP contribution in [-0.2, 0) is 6.42 Å². The Hall–Kier alpha value is -1.35. The molecule has 0 fully saturated rings. The van der Waals surface area contributed by atoms with Gasteiger partial charge in [-0.15, -0.1) is 24.0 Å². The summed E-state index contributed by atoms with van der Waals surface area (Å²) < 4.78 is 19.3. The van der Waals surface area contributed by atoms with Gasteiger partial charge in [0, 0.05) is 18.5 Å². The van der Waals surface area contributed by atoms with Gasteiger partial charge in [0.25, 0.3) is 0 Å². The topological polar surface area (TPSA) is 59.6 Å². The van der Waals surface area contributed by atoms with E-state index in [9.17, 15) is 4.39 Å². The number of nitrogens with zero attached hydrogens (tertiary/aromatic N) is 1. The van der Waals surface area contributed by atoms with Gasteiger partial charge in [0.15, 0.2) is 5.96 Å². The molecule has 0 spiro atoms. The Kier molecular flexibility index (Phi) is 7.49. The maximum atomic E-state index is 13.2. The molecule has 0 saturated heterocycles. The lowest BCUT2D eigenvalue weighted by Crippen LogP contribution is -2.37. The summed E-state index contributed by atoms with van der Waals surface area (Å²) in [4.78, 5) is 4.37. The summed E-state index contributed by atoms with van der Waals surface area (Å²) in [5, 5.41) is 3.26.